The number of nitrogens with zero attached hydrogens (tertiary/aromatic N) is 1. The highest BCUT2D eigenvalue weighted by atomic mass is 35.5. The van der Waals surface area contributed by atoms with Crippen LogP contribution < -0.4 is 5.32 Å². The summed E-state index contributed by atoms with van der Waals surface area (Å²) < 4.78 is 0. The van der Waals surface area contributed by atoms with Crippen LogP contribution in [0, 0.1) is 0 Å². The Kier molecular flexibility index (Phi) is 4.83. The van der Waals surface area contributed by atoms with Crippen LogP contribution in [0.3, 0.4) is 0 Å². The van der Waals surface area contributed by atoms with Gasteiger partial charge in [-0.15, -0.1) is 0 Å². The van der Waals surface area contributed by atoms with E-state index in [4.69, 9.17) is 11.6 Å². The third-order valence-electron chi connectivity index (χ3n) is 3.84. The molecule has 0 saturated carbocycles. The minimum absolute atomic E-state index is 0.0733. The number of piperidine rings is 1. The maximum atomic E-state index is 11.0. The molecule has 0 aromatic heterocycles. The number of halogens is 1. The Morgan fingerprint density at radius 1 is 1.32 bits per heavy atom. The minimum atomic E-state index is 0.0733. The SMILES string of the molecule is CC(=O)NC1CCN(C(C)c2ccc(Cl)cc2)CC1. The van der Waals surface area contributed by atoms with Crippen molar-refractivity contribution in [3.8, 4) is 0 Å². The predicted octanol–water partition coefficient (Wildman–Crippen LogP) is 3.00. The fraction of sp³-hybridized carbons (Fsp3) is 0.533. The Labute approximate surface area is 119 Å². The Morgan fingerprint density at radius 3 is 2.42 bits per heavy atom. The summed E-state index contributed by atoms with van der Waals surface area (Å²) >= 11 is 5.92. The molecule has 1 unspecified atom stereocenters. The molecule has 0 bridgehead atoms. The maximum Gasteiger partial charge on any atom is 0.217 e. The van der Waals surface area contributed by atoms with E-state index in [0.29, 0.717) is 12.1 Å². The van der Waals surface area contributed by atoms with Gasteiger partial charge in [-0.1, -0.05) is 23.7 Å². The lowest BCUT2D eigenvalue weighted by molar-refractivity contribution is -0.120. The summed E-state index contributed by atoms with van der Waals surface area (Å²) in [7, 11) is 0. The Morgan fingerprint density at radius 2 is 1.89 bits per heavy atom. The van der Waals surface area contributed by atoms with Crippen LogP contribution in [0.4, 0.5) is 0 Å². The highest BCUT2D eigenvalue weighted by Crippen LogP contribution is 2.25. The highest BCUT2D eigenvalue weighted by molar-refractivity contribution is 6.30. The number of hydrogen-bond acceptors (Lipinski definition) is 2. The lowest BCUT2D eigenvalue weighted by atomic mass is 10.0. The minimum Gasteiger partial charge on any atom is -0.354 e. The van der Waals surface area contributed by atoms with E-state index in [1.54, 1.807) is 6.92 Å². The van der Waals surface area contributed by atoms with E-state index < -0.39 is 0 Å². The first-order valence-corrected chi connectivity index (χ1v) is 7.20. The third-order valence-corrected chi connectivity index (χ3v) is 4.09. The maximum absolute atomic E-state index is 11.0. The Balaban J connectivity index is 1.90. The molecule has 0 aliphatic carbocycles. The van der Waals surface area contributed by atoms with Crippen molar-refractivity contribution in [2.45, 2.75) is 38.8 Å². The third kappa shape index (κ3) is 3.95. The molecule has 2 rings (SSSR count). The molecule has 4 heteroatoms. The smallest absolute Gasteiger partial charge is 0.217 e. The van der Waals surface area contributed by atoms with E-state index in [0.717, 1.165) is 31.0 Å². The Hall–Kier alpha value is -1.06. The van der Waals surface area contributed by atoms with Crippen molar-refractivity contribution in [1.29, 1.82) is 0 Å². The second kappa shape index (κ2) is 6.40. The van der Waals surface area contributed by atoms with Crippen molar-refractivity contribution >= 4 is 17.5 Å². The lowest BCUT2D eigenvalue weighted by Crippen LogP contribution is -2.44. The van der Waals surface area contributed by atoms with Crippen molar-refractivity contribution in [2.24, 2.45) is 0 Å². The molecule has 0 radical (unpaired) electrons. The van der Waals surface area contributed by atoms with Gasteiger partial charge in [-0.25, -0.2) is 0 Å². The van der Waals surface area contributed by atoms with Crippen LogP contribution in [0.2, 0.25) is 5.02 Å². The van der Waals surface area contributed by atoms with Gasteiger partial charge in [-0.2, -0.15) is 0 Å². The van der Waals surface area contributed by atoms with E-state index in [1.807, 2.05) is 12.1 Å². The predicted molar refractivity (Wildman–Crippen MR) is 78.3 cm³/mol. The van der Waals surface area contributed by atoms with E-state index in [1.165, 1.54) is 5.56 Å². The van der Waals surface area contributed by atoms with E-state index in [-0.39, 0.29) is 5.91 Å². The van der Waals surface area contributed by atoms with Crippen LogP contribution in [0.5, 0.6) is 0 Å². The first kappa shape index (κ1) is 14.4. The molecule has 1 aliphatic heterocycles. The summed E-state index contributed by atoms with van der Waals surface area (Å²) in [6.45, 7) is 5.86. The molecule has 1 fully saturated rings. The largest absolute Gasteiger partial charge is 0.354 e. The van der Waals surface area contributed by atoms with Gasteiger partial charge < -0.3 is 5.32 Å². The van der Waals surface area contributed by atoms with Crippen molar-refractivity contribution in [3.63, 3.8) is 0 Å². The topological polar surface area (TPSA) is 32.3 Å². The van der Waals surface area contributed by atoms with Crippen LogP contribution in [0.15, 0.2) is 24.3 Å². The molecule has 104 valence electrons. The fourth-order valence-corrected chi connectivity index (χ4v) is 2.80. The van der Waals surface area contributed by atoms with Gasteiger partial charge >= 0.3 is 0 Å². The molecule has 1 saturated heterocycles. The molecule has 1 aromatic carbocycles. The van der Waals surface area contributed by atoms with E-state index >= 15 is 0 Å². The zero-order valence-electron chi connectivity index (χ0n) is 11.5. The normalized spacial score (nSPS) is 19.1. The number of amides is 1. The van der Waals surface area contributed by atoms with Gasteiger partial charge in [0.1, 0.15) is 0 Å². The average molecular weight is 281 g/mol. The second-order valence-electron chi connectivity index (χ2n) is 5.24. The highest BCUT2D eigenvalue weighted by Gasteiger charge is 2.23. The number of nitrogens with one attached hydrogen (secondary N) is 1. The first-order valence-electron chi connectivity index (χ1n) is 6.83. The summed E-state index contributed by atoms with van der Waals surface area (Å²) in [5.74, 6) is 0.0733. The van der Waals surface area contributed by atoms with Crippen LogP contribution in [-0.2, 0) is 4.79 Å². The van der Waals surface area contributed by atoms with Gasteiger partial charge in [0.15, 0.2) is 0 Å². The van der Waals surface area contributed by atoms with E-state index in [2.05, 4.69) is 29.3 Å². The molecular formula is C15H21ClN2O. The van der Waals surface area contributed by atoms with Gasteiger partial charge in [0.25, 0.3) is 0 Å². The zero-order valence-corrected chi connectivity index (χ0v) is 12.3. The lowest BCUT2D eigenvalue weighted by Gasteiger charge is -2.36. The van der Waals surface area contributed by atoms with E-state index in [9.17, 15) is 4.79 Å². The summed E-state index contributed by atoms with van der Waals surface area (Å²) in [4.78, 5) is 13.5. The quantitative estimate of drug-likeness (QED) is 0.923. The van der Waals surface area contributed by atoms with Gasteiger partial charge in [-0.05, 0) is 37.5 Å². The average Bonchev–Trinajstić information content (AvgIpc) is 2.39. The standard InChI is InChI=1S/C15H21ClN2O/c1-11(13-3-5-14(16)6-4-13)18-9-7-15(8-10-18)17-12(2)19/h3-6,11,15H,7-10H2,1-2H3,(H,17,19). The number of hydrogen-bond donors (Lipinski definition) is 1. The van der Waals surface area contributed by atoms with Crippen LogP contribution in [-0.4, -0.2) is 29.9 Å². The van der Waals surface area contributed by atoms with Gasteiger partial charge in [-0.3, -0.25) is 9.69 Å². The van der Waals surface area contributed by atoms with Gasteiger partial charge in [0.05, 0.1) is 0 Å². The molecule has 19 heavy (non-hydrogen) atoms. The van der Waals surface area contributed by atoms with Gasteiger partial charge in [0, 0.05) is 37.1 Å². The molecule has 1 heterocycles. The van der Waals surface area contributed by atoms with Crippen molar-refractivity contribution < 1.29 is 4.79 Å². The molecular weight excluding hydrogens is 260 g/mol. The van der Waals surface area contributed by atoms with Crippen LogP contribution >= 0.6 is 11.6 Å². The van der Waals surface area contributed by atoms with Crippen LogP contribution in [0.1, 0.15) is 38.3 Å². The Bertz CT molecular complexity index is 424. The van der Waals surface area contributed by atoms with Crippen LogP contribution in [0.25, 0.3) is 0 Å². The molecule has 1 aliphatic rings. The number of carbonyl (C=O) groups excluding carboxylic acids is 1. The van der Waals surface area contributed by atoms with Gasteiger partial charge in [0.2, 0.25) is 5.91 Å². The zero-order chi connectivity index (χ0) is 13.8. The second-order valence-corrected chi connectivity index (χ2v) is 5.67. The fourth-order valence-electron chi connectivity index (χ4n) is 2.67. The number of rotatable bonds is 3. The monoisotopic (exact) mass is 280 g/mol. The molecule has 1 amide bonds. The van der Waals surface area contributed by atoms with Crippen molar-refractivity contribution in [1.82, 2.24) is 10.2 Å². The molecule has 1 N–H and O–H groups in total. The summed E-state index contributed by atoms with van der Waals surface area (Å²) in [6.07, 6.45) is 2.05. The van der Waals surface area contributed by atoms with Crippen molar-refractivity contribution in [3.05, 3.63) is 34.9 Å². The molecule has 0 spiro atoms. The number of carbonyl (C=O) groups is 1. The molecule has 3 nitrogen and oxygen atoms in total. The number of benzene rings is 1. The molecule has 1 aromatic rings. The summed E-state index contributed by atoms with van der Waals surface area (Å²) in [5, 5.41) is 3.78. The van der Waals surface area contributed by atoms with Crippen molar-refractivity contribution in [2.75, 3.05) is 13.1 Å². The number of likely N-dealkylation sites (tertiary alicyclic amines) is 1. The summed E-state index contributed by atoms with van der Waals surface area (Å²) in [5.41, 5.74) is 1.29. The summed E-state index contributed by atoms with van der Waals surface area (Å²) in [6, 6.07) is 8.80. The first-order chi connectivity index (χ1) is 9.06. The molecule has 1 atom stereocenters.